The minimum atomic E-state index is -0.656. The van der Waals surface area contributed by atoms with E-state index in [1.54, 1.807) is 10.6 Å². The molecule has 3 rings (SSSR count). The first kappa shape index (κ1) is 17.9. The maximum absolute atomic E-state index is 13.1. The summed E-state index contributed by atoms with van der Waals surface area (Å²) in [5.74, 6) is -0.666. The topological polar surface area (TPSA) is 51.1 Å². The molecule has 2 aromatic carbocycles. The second kappa shape index (κ2) is 7.12. The van der Waals surface area contributed by atoms with E-state index in [-0.39, 0.29) is 17.3 Å². The molecule has 1 aromatic heterocycles. The van der Waals surface area contributed by atoms with Crippen LogP contribution in [0.1, 0.15) is 30.5 Å². The predicted molar refractivity (Wildman–Crippen MR) is 102 cm³/mol. The number of aromatic nitrogens is 1. The molecular weight excluding hydrogens is 331 g/mol. The summed E-state index contributed by atoms with van der Waals surface area (Å²) in [6, 6.07) is 12.3. The number of fused-ring (bicyclic) bond motifs is 1. The molecule has 0 radical (unpaired) electrons. The van der Waals surface area contributed by atoms with Gasteiger partial charge in [-0.25, -0.2) is 4.39 Å². The average Bonchev–Trinajstić information content (AvgIpc) is 2.60. The van der Waals surface area contributed by atoms with Gasteiger partial charge in [0.25, 0.3) is 5.56 Å². The quantitative estimate of drug-likeness (QED) is 0.759. The summed E-state index contributed by atoms with van der Waals surface area (Å²) in [6.07, 6.45) is 0.458. The maximum atomic E-state index is 13.1. The summed E-state index contributed by atoms with van der Waals surface area (Å²) in [5.41, 5.74) is 2.90. The van der Waals surface area contributed by atoms with Crippen molar-refractivity contribution in [2.45, 2.75) is 33.2 Å². The molecule has 1 N–H and O–H groups in total. The Kier molecular flexibility index (Phi) is 4.89. The SMILES string of the molecule is CCC(C(=O)Nc1ccc(F)cc1)n1c(=O)cc(C)c2cccc(C)c21. The van der Waals surface area contributed by atoms with Crippen molar-refractivity contribution >= 4 is 22.5 Å². The van der Waals surface area contributed by atoms with Crippen LogP contribution in [-0.4, -0.2) is 10.5 Å². The highest BCUT2D eigenvalue weighted by Crippen LogP contribution is 2.25. The van der Waals surface area contributed by atoms with Gasteiger partial charge in [-0.15, -0.1) is 0 Å². The molecule has 0 saturated carbocycles. The number of amides is 1. The molecular formula is C21H21FN2O2. The van der Waals surface area contributed by atoms with Crippen LogP contribution in [0, 0.1) is 19.7 Å². The molecule has 0 spiro atoms. The highest BCUT2D eigenvalue weighted by atomic mass is 19.1. The van der Waals surface area contributed by atoms with E-state index in [2.05, 4.69) is 5.32 Å². The van der Waals surface area contributed by atoms with Gasteiger partial charge < -0.3 is 5.32 Å². The monoisotopic (exact) mass is 352 g/mol. The number of para-hydroxylation sites is 1. The van der Waals surface area contributed by atoms with E-state index < -0.39 is 6.04 Å². The van der Waals surface area contributed by atoms with Gasteiger partial charge in [-0.2, -0.15) is 0 Å². The highest BCUT2D eigenvalue weighted by Gasteiger charge is 2.23. The van der Waals surface area contributed by atoms with Crippen molar-refractivity contribution in [2.75, 3.05) is 5.32 Å². The molecule has 26 heavy (non-hydrogen) atoms. The fourth-order valence-electron chi connectivity index (χ4n) is 3.29. The lowest BCUT2D eigenvalue weighted by atomic mass is 10.0. The second-order valence-electron chi connectivity index (χ2n) is 6.43. The van der Waals surface area contributed by atoms with E-state index >= 15 is 0 Å². The molecule has 0 aliphatic rings. The lowest BCUT2D eigenvalue weighted by Gasteiger charge is -2.22. The zero-order valence-corrected chi connectivity index (χ0v) is 15.0. The maximum Gasteiger partial charge on any atom is 0.252 e. The fraction of sp³-hybridized carbons (Fsp3) is 0.238. The number of aryl methyl sites for hydroxylation is 2. The Morgan fingerprint density at radius 1 is 1.12 bits per heavy atom. The van der Waals surface area contributed by atoms with Crippen molar-refractivity contribution < 1.29 is 9.18 Å². The first-order chi connectivity index (χ1) is 12.4. The van der Waals surface area contributed by atoms with Gasteiger partial charge in [0.1, 0.15) is 11.9 Å². The molecule has 0 fully saturated rings. The molecule has 1 amide bonds. The van der Waals surface area contributed by atoms with Crippen LogP contribution in [0.25, 0.3) is 10.9 Å². The molecule has 0 saturated heterocycles. The third-order valence-electron chi connectivity index (χ3n) is 4.59. The highest BCUT2D eigenvalue weighted by molar-refractivity contribution is 5.95. The minimum absolute atomic E-state index is 0.203. The van der Waals surface area contributed by atoms with Crippen molar-refractivity contribution in [1.82, 2.24) is 4.57 Å². The van der Waals surface area contributed by atoms with Gasteiger partial charge in [-0.3, -0.25) is 14.2 Å². The number of benzene rings is 2. The molecule has 5 heteroatoms. The van der Waals surface area contributed by atoms with Crippen molar-refractivity contribution in [3.8, 4) is 0 Å². The molecule has 0 bridgehead atoms. The standard InChI is InChI=1S/C21H21FN2O2/c1-4-18(21(26)23-16-10-8-15(22)9-11-16)24-19(25)12-14(3)17-7-5-6-13(2)20(17)24/h5-12,18H,4H2,1-3H3,(H,23,26). The first-order valence-corrected chi connectivity index (χ1v) is 8.60. The number of halogens is 1. The van der Waals surface area contributed by atoms with Gasteiger partial charge in [0, 0.05) is 17.1 Å². The summed E-state index contributed by atoms with van der Waals surface area (Å²) in [5, 5.41) is 3.74. The summed E-state index contributed by atoms with van der Waals surface area (Å²) in [7, 11) is 0. The van der Waals surface area contributed by atoms with Gasteiger partial charge in [0.15, 0.2) is 0 Å². The van der Waals surface area contributed by atoms with Crippen molar-refractivity contribution in [3.05, 3.63) is 75.8 Å². The Hall–Kier alpha value is -2.95. The van der Waals surface area contributed by atoms with Crippen molar-refractivity contribution in [2.24, 2.45) is 0 Å². The summed E-state index contributed by atoms with van der Waals surface area (Å²) in [6.45, 7) is 5.70. The van der Waals surface area contributed by atoms with E-state index in [1.165, 1.54) is 24.3 Å². The Morgan fingerprint density at radius 2 is 1.81 bits per heavy atom. The van der Waals surface area contributed by atoms with Gasteiger partial charge in [-0.05, 0) is 55.7 Å². The number of hydrogen-bond donors (Lipinski definition) is 1. The zero-order valence-electron chi connectivity index (χ0n) is 15.0. The lowest BCUT2D eigenvalue weighted by molar-refractivity contribution is -0.119. The van der Waals surface area contributed by atoms with E-state index in [4.69, 9.17) is 0 Å². The van der Waals surface area contributed by atoms with Crippen molar-refractivity contribution in [1.29, 1.82) is 0 Å². The molecule has 134 valence electrons. The fourth-order valence-corrected chi connectivity index (χ4v) is 3.29. The van der Waals surface area contributed by atoms with Gasteiger partial charge in [0.05, 0.1) is 5.52 Å². The molecule has 3 aromatic rings. The van der Waals surface area contributed by atoms with Crippen molar-refractivity contribution in [3.63, 3.8) is 0 Å². The van der Waals surface area contributed by atoms with Crippen LogP contribution in [0.4, 0.5) is 10.1 Å². The van der Waals surface area contributed by atoms with E-state index in [1.807, 2.05) is 39.0 Å². The lowest BCUT2D eigenvalue weighted by Crippen LogP contribution is -2.33. The van der Waals surface area contributed by atoms with Crippen LogP contribution in [0.3, 0.4) is 0 Å². The zero-order chi connectivity index (χ0) is 18.8. The smallest absolute Gasteiger partial charge is 0.252 e. The van der Waals surface area contributed by atoms with E-state index in [9.17, 15) is 14.0 Å². The number of nitrogens with one attached hydrogen (secondary N) is 1. The normalized spacial score (nSPS) is 12.2. The van der Waals surface area contributed by atoms with Crippen LogP contribution in [0.2, 0.25) is 0 Å². The Morgan fingerprint density at radius 3 is 2.46 bits per heavy atom. The second-order valence-corrected chi connectivity index (χ2v) is 6.43. The third-order valence-corrected chi connectivity index (χ3v) is 4.59. The third kappa shape index (κ3) is 3.25. The molecule has 1 unspecified atom stereocenters. The Labute approximate surface area is 151 Å². The molecule has 1 atom stereocenters. The van der Waals surface area contributed by atoms with Gasteiger partial charge in [-0.1, -0.05) is 25.1 Å². The number of carbonyl (C=O) groups excluding carboxylic acids is 1. The molecule has 0 aliphatic carbocycles. The van der Waals surface area contributed by atoms with Gasteiger partial charge in [0.2, 0.25) is 5.91 Å². The molecule has 0 aliphatic heterocycles. The van der Waals surface area contributed by atoms with Gasteiger partial charge >= 0.3 is 0 Å². The van der Waals surface area contributed by atoms with Crippen LogP contribution in [-0.2, 0) is 4.79 Å². The van der Waals surface area contributed by atoms with Crippen LogP contribution in [0.15, 0.2) is 53.3 Å². The van der Waals surface area contributed by atoms with Crippen LogP contribution in [0.5, 0.6) is 0 Å². The number of hydrogen-bond acceptors (Lipinski definition) is 2. The van der Waals surface area contributed by atoms with E-state index in [0.29, 0.717) is 12.1 Å². The summed E-state index contributed by atoms with van der Waals surface area (Å²) in [4.78, 5) is 25.6. The van der Waals surface area contributed by atoms with Crippen LogP contribution >= 0.6 is 0 Å². The predicted octanol–water partition coefficient (Wildman–Crippen LogP) is 4.35. The minimum Gasteiger partial charge on any atom is -0.324 e. The number of pyridine rings is 1. The number of carbonyl (C=O) groups is 1. The van der Waals surface area contributed by atoms with Crippen LogP contribution < -0.4 is 10.9 Å². The number of rotatable bonds is 4. The Balaban J connectivity index is 2.09. The molecule has 1 heterocycles. The summed E-state index contributed by atoms with van der Waals surface area (Å²) < 4.78 is 14.6. The average molecular weight is 352 g/mol. The summed E-state index contributed by atoms with van der Waals surface area (Å²) >= 11 is 0. The van der Waals surface area contributed by atoms with E-state index in [0.717, 1.165) is 22.0 Å². The number of nitrogens with zero attached hydrogens (tertiary/aromatic N) is 1. The largest absolute Gasteiger partial charge is 0.324 e. The first-order valence-electron chi connectivity index (χ1n) is 8.60. The molecule has 4 nitrogen and oxygen atoms in total. The number of anilines is 1. The Bertz CT molecular complexity index is 1020.